The summed E-state index contributed by atoms with van der Waals surface area (Å²) < 4.78 is 25.7. The van der Waals surface area contributed by atoms with Gasteiger partial charge in [-0.05, 0) is 12.8 Å². The molecule has 0 aromatic rings. The van der Waals surface area contributed by atoms with Gasteiger partial charge in [0.25, 0.3) is 0 Å². The molecule has 0 heterocycles. The van der Waals surface area contributed by atoms with Gasteiger partial charge in [0.15, 0.2) is 0 Å². The fourth-order valence-electron chi connectivity index (χ4n) is 1.49. The van der Waals surface area contributed by atoms with Crippen LogP contribution in [0, 0.1) is 0 Å². The summed E-state index contributed by atoms with van der Waals surface area (Å²) in [6, 6.07) is 0. The monoisotopic (exact) mass is 368 g/mol. The zero-order chi connectivity index (χ0) is 18.8. The number of hydrogen-bond donors (Lipinski definition) is 2. The van der Waals surface area contributed by atoms with Crippen LogP contribution in [0.15, 0.2) is 0 Å². The summed E-state index contributed by atoms with van der Waals surface area (Å²) in [7, 11) is 0. The fraction of sp³-hybridized carbons (Fsp3) is 1.00. The molecular formula is C18H40O7. The molecule has 0 rings (SSSR count). The summed E-state index contributed by atoms with van der Waals surface area (Å²) >= 11 is 0. The Morgan fingerprint density at radius 1 is 0.440 bits per heavy atom. The average Bonchev–Trinajstić information content (AvgIpc) is 2.63. The molecule has 0 amide bonds. The van der Waals surface area contributed by atoms with Crippen LogP contribution in [0.1, 0.15) is 39.5 Å². The van der Waals surface area contributed by atoms with Gasteiger partial charge < -0.3 is 33.9 Å². The quantitative estimate of drug-likeness (QED) is 0.335. The third-order valence-electron chi connectivity index (χ3n) is 2.87. The van der Waals surface area contributed by atoms with Crippen molar-refractivity contribution >= 4 is 0 Å². The van der Waals surface area contributed by atoms with E-state index in [1.54, 1.807) is 0 Å². The molecule has 0 aliphatic heterocycles. The first kappa shape index (κ1) is 26.9. The van der Waals surface area contributed by atoms with Crippen LogP contribution in [0.25, 0.3) is 0 Å². The second-order valence-corrected chi connectivity index (χ2v) is 5.22. The van der Waals surface area contributed by atoms with Crippen LogP contribution in [-0.2, 0) is 23.7 Å². The summed E-state index contributed by atoms with van der Waals surface area (Å²) in [4.78, 5) is 0. The molecule has 0 aromatic heterocycles. The minimum atomic E-state index is 0.0696. The average molecular weight is 369 g/mol. The van der Waals surface area contributed by atoms with Crippen molar-refractivity contribution in [3.05, 3.63) is 0 Å². The predicted octanol–water partition coefficient (Wildman–Crippen LogP) is 1.64. The van der Waals surface area contributed by atoms with Gasteiger partial charge in [0.1, 0.15) is 0 Å². The number of rotatable bonds is 19. The predicted molar refractivity (Wildman–Crippen MR) is 98.1 cm³/mol. The lowest BCUT2D eigenvalue weighted by Crippen LogP contribution is -2.11. The number of ether oxygens (including phenoxy) is 5. The summed E-state index contributed by atoms with van der Waals surface area (Å²) in [5.74, 6) is 0. The standard InChI is InChI=1S/C10H22O4.C8H18O3/c1-2-3-5-12-7-9-14-10-8-13-6-4-11;1-2-3-5-10-7-8-11-6-4-9/h11H,2-10H2,1H3;9H,2-8H2,1H3. The van der Waals surface area contributed by atoms with Crippen LogP contribution in [0.5, 0.6) is 0 Å². The van der Waals surface area contributed by atoms with Crippen LogP contribution >= 0.6 is 0 Å². The molecule has 0 radical (unpaired) electrons. The van der Waals surface area contributed by atoms with Gasteiger partial charge in [-0.25, -0.2) is 0 Å². The van der Waals surface area contributed by atoms with E-state index >= 15 is 0 Å². The molecule has 7 heteroatoms. The molecule has 0 bridgehead atoms. The van der Waals surface area contributed by atoms with Crippen molar-refractivity contribution in [2.75, 3.05) is 79.3 Å². The minimum Gasteiger partial charge on any atom is -0.394 e. The van der Waals surface area contributed by atoms with Crippen LogP contribution in [0.2, 0.25) is 0 Å². The zero-order valence-corrected chi connectivity index (χ0v) is 16.2. The third kappa shape index (κ3) is 31.9. The summed E-state index contributed by atoms with van der Waals surface area (Å²) in [6.07, 6.45) is 4.55. The highest BCUT2D eigenvalue weighted by Crippen LogP contribution is 1.88. The van der Waals surface area contributed by atoms with Gasteiger partial charge in [-0.2, -0.15) is 0 Å². The Bertz CT molecular complexity index is 186. The molecule has 0 aliphatic rings. The molecule has 0 aliphatic carbocycles. The van der Waals surface area contributed by atoms with Crippen LogP contribution in [-0.4, -0.2) is 89.5 Å². The van der Waals surface area contributed by atoms with E-state index in [9.17, 15) is 0 Å². The smallest absolute Gasteiger partial charge is 0.0701 e. The molecule has 0 fully saturated rings. The summed E-state index contributed by atoms with van der Waals surface area (Å²) in [5.41, 5.74) is 0. The Hall–Kier alpha value is -0.280. The highest BCUT2D eigenvalue weighted by molar-refractivity contribution is 4.35. The maximum Gasteiger partial charge on any atom is 0.0701 e. The van der Waals surface area contributed by atoms with E-state index in [2.05, 4.69) is 13.8 Å². The zero-order valence-electron chi connectivity index (χ0n) is 16.2. The van der Waals surface area contributed by atoms with Gasteiger partial charge >= 0.3 is 0 Å². The van der Waals surface area contributed by atoms with E-state index in [1.165, 1.54) is 0 Å². The van der Waals surface area contributed by atoms with E-state index in [4.69, 9.17) is 33.9 Å². The molecule has 0 spiro atoms. The van der Waals surface area contributed by atoms with Crippen LogP contribution in [0.4, 0.5) is 0 Å². The molecule has 25 heavy (non-hydrogen) atoms. The number of hydrogen-bond acceptors (Lipinski definition) is 7. The van der Waals surface area contributed by atoms with Crippen molar-refractivity contribution in [2.45, 2.75) is 39.5 Å². The topological polar surface area (TPSA) is 86.6 Å². The minimum absolute atomic E-state index is 0.0696. The van der Waals surface area contributed by atoms with Gasteiger partial charge in [-0.1, -0.05) is 26.7 Å². The van der Waals surface area contributed by atoms with Gasteiger partial charge in [0, 0.05) is 13.2 Å². The molecule has 0 aromatic carbocycles. The highest BCUT2D eigenvalue weighted by atomic mass is 16.5. The maximum atomic E-state index is 8.40. The summed E-state index contributed by atoms with van der Waals surface area (Å²) in [5, 5.41) is 16.7. The Labute approximate surface area is 153 Å². The first-order chi connectivity index (χ1) is 12.3. The van der Waals surface area contributed by atoms with Crippen molar-refractivity contribution in [1.29, 1.82) is 0 Å². The highest BCUT2D eigenvalue weighted by Gasteiger charge is 1.90. The van der Waals surface area contributed by atoms with Gasteiger partial charge in [0.2, 0.25) is 0 Å². The van der Waals surface area contributed by atoms with Gasteiger partial charge in [0.05, 0.1) is 66.1 Å². The lowest BCUT2D eigenvalue weighted by Gasteiger charge is -2.05. The SMILES string of the molecule is CCCCOCCOCCO.CCCCOCCOCCOCCO. The number of aliphatic hydroxyl groups excluding tert-OH is 2. The van der Waals surface area contributed by atoms with Crippen molar-refractivity contribution in [3.8, 4) is 0 Å². The van der Waals surface area contributed by atoms with Crippen molar-refractivity contribution in [2.24, 2.45) is 0 Å². The van der Waals surface area contributed by atoms with Crippen molar-refractivity contribution < 1.29 is 33.9 Å². The van der Waals surface area contributed by atoms with E-state index < -0.39 is 0 Å². The molecule has 2 N–H and O–H groups in total. The van der Waals surface area contributed by atoms with E-state index in [-0.39, 0.29) is 13.2 Å². The van der Waals surface area contributed by atoms with E-state index in [0.29, 0.717) is 52.9 Å². The first-order valence-corrected chi connectivity index (χ1v) is 9.43. The fourth-order valence-corrected chi connectivity index (χ4v) is 1.49. The Kier molecular flexibility index (Phi) is 30.7. The Morgan fingerprint density at radius 3 is 1.00 bits per heavy atom. The third-order valence-corrected chi connectivity index (χ3v) is 2.87. The van der Waals surface area contributed by atoms with Crippen molar-refractivity contribution in [1.82, 2.24) is 0 Å². The lowest BCUT2D eigenvalue weighted by molar-refractivity contribution is 0.00735. The van der Waals surface area contributed by atoms with Crippen molar-refractivity contribution in [3.63, 3.8) is 0 Å². The van der Waals surface area contributed by atoms with E-state index in [1.807, 2.05) is 0 Å². The van der Waals surface area contributed by atoms with E-state index in [0.717, 1.165) is 38.9 Å². The van der Waals surface area contributed by atoms with Crippen LogP contribution in [0.3, 0.4) is 0 Å². The number of unbranched alkanes of at least 4 members (excludes halogenated alkanes) is 2. The summed E-state index contributed by atoms with van der Waals surface area (Å²) in [6.45, 7) is 10.5. The molecular weight excluding hydrogens is 328 g/mol. The Balaban J connectivity index is 0. The van der Waals surface area contributed by atoms with Gasteiger partial charge in [-0.15, -0.1) is 0 Å². The molecule has 7 nitrogen and oxygen atoms in total. The molecule has 0 unspecified atom stereocenters. The number of aliphatic hydroxyl groups is 2. The molecule has 0 saturated heterocycles. The second kappa shape index (κ2) is 28.5. The van der Waals surface area contributed by atoms with Crippen LogP contribution < -0.4 is 0 Å². The normalized spacial score (nSPS) is 10.6. The molecule has 0 atom stereocenters. The molecule has 154 valence electrons. The second-order valence-electron chi connectivity index (χ2n) is 5.22. The first-order valence-electron chi connectivity index (χ1n) is 9.43. The molecule has 0 saturated carbocycles. The lowest BCUT2D eigenvalue weighted by atomic mass is 10.4. The largest absolute Gasteiger partial charge is 0.394 e. The Morgan fingerprint density at radius 2 is 0.720 bits per heavy atom. The van der Waals surface area contributed by atoms with Gasteiger partial charge in [-0.3, -0.25) is 0 Å². The maximum absolute atomic E-state index is 8.40.